The highest BCUT2D eigenvalue weighted by molar-refractivity contribution is 9.11. The van der Waals surface area contributed by atoms with Gasteiger partial charge in [-0.05, 0) is 0 Å². The summed E-state index contributed by atoms with van der Waals surface area (Å²) in [7, 11) is 1.30. The molecule has 72 valence electrons. The summed E-state index contributed by atoms with van der Waals surface area (Å²) in [6.07, 6.45) is -1.78. The smallest absolute Gasteiger partial charge is 0.337 e. The van der Waals surface area contributed by atoms with Gasteiger partial charge in [-0.25, -0.2) is 9.18 Å². The number of carbonyl (C=O) groups excluding carboxylic acids is 1. The highest BCUT2D eigenvalue weighted by Crippen LogP contribution is 2.43. The molecule has 0 aromatic carbocycles. The Morgan fingerprint density at radius 3 is 2.92 bits per heavy atom. The first-order valence-electron chi connectivity index (χ1n) is 3.92. The van der Waals surface area contributed by atoms with Gasteiger partial charge in [-0.2, -0.15) is 0 Å². The van der Waals surface area contributed by atoms with Gasteiger partial charge in [-0.1, -0.05) is 15.9 Å². The SMILES string of the molecule is COC(=O)C1=C(Br)[C@H]2O[C@@H]1C[C@@H]2F. The highest BCUT2D eigenvalue weighted by Gasteiger charge is 2.49. The van der Waals surface area contributed by atoms with Crippen LogP contribution < -0.4 is 0 Å². The van der Waals surface area contributed by atoms with Gasteiger partial charge < -0.3 is 9.47 Å². The number of rotatable bonds is 1. The van der Waals surface area contributed by atoms with Crippen LogP contribution in [0.3, 0.4) is 0 Å². The second-order valence-corrected chi connectivity index (χ2v) is 3.90. The van der Waals surface area contributed by atoms with Gasteiger partial charge in [0.15, 0.2) is 0 Å². The van der Waals surface area contributed by atoms with Crippen molar-refractivity contribution in [3.8, 4) is 0 Å². The Morgan fingerprint density at radius 1 is 1.77 bits per heavy atom. The fourth-order valence-electron chi connectivity index (χ4n) is 1.70. The number of halogens is 2. The maximum atomic E-state index is 13.1. The first-order chi connectivity index (χ1) is 6.15. The normalized spacial score (nSPS) is 37.0. The Balaban J connectivity index is 2.30. The van der Waals surface area contributed by atoms with Crippen molar-refractivity contribution in [2.45, 2.75) is 24.8 Å². The Kier molecular flexibility index (Phi) is 2.15. The summed E-state index contributed by atoms with van der Waals surface area (Å²) in [4.78, 5) is 11.2. The molecule has 2 heterocycles. The molecule has 0 radical (unpaired) electrons. The topological polar surface area (TPSA) is 35.5 Å². The van der Waals surface area contributed by atoms with Crippen LogP contribution in [0.5, 0.6) is 0 Å². The monoisotopic (exact) mass is 250 g/mol. The van der Waals surface area contributed by atoms with E-state index in [1.165, 1.54) is 7.11 Å². The van der Waals surface area contributed by atoms with Crippen molar-refractivity contribution in [3.05, 3.63) is 10.1 Å². The Morgan fingerprint density at radius 2 is 2.46 bits per heavy atom. The van der Waals surface area contributed by atoms with E-state index in [9.17, 15) is 9.18 Å². The van der Waals surface area contributed by atoms with Crippen LogP contribution in [-0.4, -0.2) is 31.5 Å². The van der Waals surface area contributed by atoms with Gasteiger partial charge in [0.1, 0.15) is 12.3 Å². The molecular formula is C8H8BrFO3. The minimum Gasteiger partial charge on any atom is -0.466 e. The van der Waals surface area contributed by atoms with Crippen molar-refractivity contribution < 1.29 is 18.7 Å². The minimum atomic E-state index is -1.01. The number of hydrogen-bond acceptors (Lipinski definition) is 3. The van der Waals surface area contributed by atoms with Crippen molar-refractivity contribution in [3.63, 3.8) is 0 Å². The van der Waals surface area contributed by atoms with Gasteiger partial charge in [0.05, 0.1) is 18.8 Å². The van der Waals surface area contributed by atoms with Gasteiger partial charge in [-0.3, -0.25) is 0 Å². The number of fused-ring (bicyclic) bond motifs is 2. The van der Waals surface area contributed by atoms with Crippen LogP contribution in [-0.2, 0) is 14.3 Å². The first-order valence-corrected chi connectivity index (χ1v) is 4.72. The number of hydrogen-bond donors (Lipinski definition) is 0. The number of methoxy groups -OCH3 is 1. The predicted octanol–water partition coefficient (Wildman–Crippen LogP) is 1.32. The second kappa shape index (κ2) is 3.06. The van der Waals surface area contributed by atoms with E-state index in [1.54, 1.807) is 0 Å². The van der Waals surface area contributed by atoms with E-state index in [2.05, 4.69) is 20.7 Å². The van der Waals surface area contributed by atoms with Crippen molar-refractivity contribution in [2.24, 2.45) is 0 Å². The molecule has 13 heavy (non-hydrogen) atoms. The van der Waals surface area contributed by atoms with E-state index >= 15 is 0 Å². The molecule has 2 rings (SSSR count). The fourth-order valence-corrected chi connectivity index (χ4v) is 2.51. The van der Waals surface area contributed by atoms with E-state index in [-0.39, 0.29) is 6.42 Å². The molecule has 3 atom stereocenters. The summed E-state index contributed by atoms with van der Waals surface area (Å²) in [5.41, 5.74) is 0.432. The summed E-state index contributed by atoms with van der Waals surface area (Å²) in [6, 6.07) is 0. The summed E-state index contributed by atoms with van der Waals surface area (Å²) in [6.45, 7) is 0. The molecule has 0 spiro atoms. The van der Waals surface area contributed by atoms with Gasteiger partial charge in [0.25, 0.3) is 0 Å². The van der Waals surface area contributed by atoms with Gasteiger partial charge in [0.2, 0.25) is 0 Å². The molecular weight excluding hydrogens is 243 g/mol. The molecule has 1 saturated heterocycles. The number of esters is 1. The van der Waals surface area contributed by atoms with Gasteiger partial charge >= 0.3 is 5.97 Å². The lowest BCUT2D eigenvalue weighted by Gasteiger charge is -2.13. The Labute approximate surface area is 83.0 Å². The lowest BCUT2D eigenvalue weighted by Crippen LogP contribution is -2.22. The first kappa shape index (κ1) is 9.15. The van der Waals surface area contributed by atoms with Crippen molar-refractivity contribution in [2.75, 3.05) is 7.11 Å². The number of carbonyl (C=O) groups is 1. The molecule has 2 aliphatic rings. The van der Waals surface area contributed by atoms with E-state index in [0.717, 1.165) is 0 Å². The maximum absolute atomic E-state index is 13.1. The van der Waals surface area contributed by atoms with E-state index < -0.39 is 24.3 Å². The van der Waals surface area contributed by atoms with Crippen LogP contribution in [0.15, 0.2) is 10.1 Å². The zero-order valence-electron chi connectivity index (χ0n) is 6.92. The molecule has 2 bridgehead atoms. The summed E-state index contributed by atoms with van der Waals surface area (Å²) < 4.78 is 23.4. The summed E-state index contributed by atoms with van der Waals surface area (Å²) in [5, 5.41) is 0. The third-order valence-electron chi connectivity index (χ3n) is 2.31. The average Bonchev–Trinajstić information content (AvgIpc) is 2.59. The zero-order valence-corrected chi connectivity index (χ0v) is 8.51. The molecule has 0 N–H and O–H groups in total. The predicted molar refractivity (Wildman–Crippen MR) is 46.1 cm³/mol. The average molecular weight is 251 g/mol. The molecule has 5 heteroatoms. The minimum absolute atomic E-state index is 0.254. The molecule has 0 aliphatic carbocycles. The maximum Gasteiger partial charge on any atom is 0.337 e. The molecule has 0 aromatic rings. The third kappa shape index (κ3) is 1.21. The third-order valence-corrected chi connectivity index (χ3v) is 3.19. The van der Waals surface area contributed by atoms with Crippen molar-refractivity contribution in [1.29, 1.82) is 0 Å². The van der Waals surface area contributed by atoms with Gasteiger partial charge in [-0.15, -0.1) is 0 Å². The van der Waals surface area contributed by atoms with Crippen LogP contribution in [0.4, 0.5) is 4.39 Å². The highest BCUT2D eigenvalue weighted by atomic mass is 79.9. The van der Waals surface area contributed by atoms with E-state index in [0.29, 0.717) is 10.1 Å². The van der Waals surface area contributed by atoms with Gasteiger partial charge in [0, 0.05) is 10.9 Å². The molecule has 3 nitrogen and oxygen atoms in total. The second-order valence-electron chi connectivity index (χ2n) is 3.05. The number of ether oxygens (including phenoxy) is 2. The standard InChI is InChI=1S/C8H8BrFO3/c1-12-8(11)5-4-2-3(10)7(13-4)6(5)9/h3-4,7H,2H2,1H3/t3-,4+,7-/m0/s1. The molecule has 1 fully saturated rings. The largest absolute Gasteiger partial charge is 0.466 e. The molecule has 0 aromatic heterocycles. The molecule has 2 aliphatic heterocycles. The lowest BCUT2D eigenvalue weighted by atomic mass is 9.98. The van der Waals surface area contributed by atoms with Crippen LogP contribution in [0, 0.1) is 0 Å². The fraction of sp³-hybridized carbons (Fsp3) is 0.625. The Bertz CT molecular complexity index is 289. The van der Waals surface area contributed by atoms with Crippen LogP contribution >= 0.6 is 15.9 Å². The molecule has 0 unspecified atom stereocenters. The lowest BCUT2D eigenvalue weighted by molar-refractivity contribution is -0.137. The van der Waals surface area contributed by atoms with E-state index in [1.807, 2.05) is 0 Å². The van der Waals surface area contributed by atoms with E-state index in [4.69, 9.17) is 4.74 Å². The van der Waals surface area contributed by atoms with Crippen molar-refractivity contribution >= 4 is 21.9 Å². The van der Waals surface area contributed by atoms with Crippen LogP contribution in [0.2, 0.25) is 0 Å². The Hall–Kier alpha value is -0.420. The quantitative estimate of drug-likeness (QED) is 0.659. The zero-order chi connectivity index (χ0) is 9.59. The van der Waals surface area contributed by atoms with Crippen LogP contribution in [0.1, 0.15) is 6.42 Å². The summed E-state index contributed by atoms with van der Waals surface area (Å²) in [5.74, 6) is -0.439. The molecule has 0 amide bonds. The number of alkyl halides is 1. The summed E-state index contributed by atoms with van der Waals surface area (Å²) >= 11 is 3.16. The molecule has 0 saturated carbocycles. The van der Waals surface area contributed by atoms with Crippen LogP contribution in [0.25, 0.3) is 0 Å². The van der Waals surface area contributed by atoms with Crippen molar-refractivity contribution in [1.82, 2.24) is 0 Å².